The number of hydrogen-bond donors (Lipinski definition) is 0. The molecule has 0 radical (unpaired) electrons. The van der Waals surface area contributed by atoms with Gasteiger partial charge in [-0.2, -0.15) is 0 Å². The van der Waals surface area contributed by atoms with E-state index >= 15 is 0 Å². The van der Waals surface area contributed by atoms with E-state index in [1.807, 2.05) is 19.1 Å². The number of halogens is 2. The van der Waals surface area contributed by atoms with Gasteiger partial charge in [-0.15, -0.1) is 0 Å². The Kier molecular flexibility index (Phi) is 10.6. The highest BCUT2D eigenvalue weighted by atomic mass is 35.5. The summed E-state index contributed by atoms with van der Waals surface area (Å²) in [5.74, 6) is -1.26. The van der Waals surface area contributed by atoms with E-state index < -0.39 is 5.79 Å². The van der Waals surface area contributed by atoms with Gasteiger partial charge in [-0.1, -0.05) is 29.3 Å². The Labute approximate surface area is 240 Å². The van der Waals surface area contributed by atoms with Crippen LogP contribution in [0.3, 0.4) is 0 Å². The molecular weight excluding hydrogens is 543 g/mol. The summed E-state index contributed by atoms with van der Waals surface area (Å²) >= 11 is 13.3. The molecule has 39 heavy (non-hydrogen) atoms. The number of allylic oxidation sites excluding steroid dienone is 1. The maximum absolute atomic E-state index is 13.1. The topological polar surface area (TPSA) is 77.5 Å². The summed E-state index contributed by atoms with van der Waals surface area (Å²) in [4.78, 5) is 36.4. The molecule has 2 aromatic rings. The number of nitrogens with zero attached hydrogens (tertiary/aromatic N) is 2. The number of ether oxygens (including phenoxy) is 2. The zero-order valence-electron chi connectivity index (χ0n) is 23.5. The molecule has 0 atom stereocenters. The fourth-order valence-electron chi connectivity index (χ4n) is 4.39. The lowest BCUT2D eigenvalue weighted by atomic mass is 9.91. The Balaban J connectivity index is 2.12. The molecule has 10 heteroatoms. The molecule has 1 saturated heterocycles. The van der Waals surface area contributed by atoms with E-state index in [2.05, 4.69) is 6.08 Å². The molecule has 0 N–H and O–H groups in total. The van der Waals surface area contributed by atoms with Gasteiger partial charge in [0.25, 0.3) is 11.8 Å². The minimum atomic E-state index is -0.594. The number of carbonyl (C=O) groups excluding carboxylic acids is 2. The average molecular weight is 580 g/mol. The standard InChI is InChI=1S/C29H36Cl2N2O6/c1-18-23(27(34)32(4)36-6)14-20(16-25(18)30)22(10-8-9-11-29(3)38-12-13-39-29)21-15-24(19(2)26(31)17-21)28(35)33(5)37-7/h10,14-17H,8-9,11-13H2,1-7H3. The Hall–Kier alpha value is -2.46. The molecule has 2 amide bonds. The number of benzene rings is 2. The third kappa shape index (κ3) is 7.20. The molecule has 0 aromatic heterocycles. The molecule has 2 aromatic carbocycles. The molecular formula is C29H36Cl2N2O6. The van der Waals surface area contributed by atoms with Crippen LogP contribution in [0.25, 0.3) is 5.57 Å². The van der Waals surface area contributed by atoms with Gasteiger partial charge in [0.2, 0.25) is 0 Å². The number of carbonyl (C=O) groups is 2. The molecule has 0 saturated carbocycles. The van der Waals surface area contributed by atoms with E-state index in [9.17, 15) is 9.59 Å². The van der Waals surface area contributed by atoms with E-state index in [-0.39, 0.29) is 11.8 Å². The number of hydroxylamine groups is 4. The Morgan fingerprint density at radius 3 is 1.74 bits per heavy atom. The SMILES string of the molecule is CON(C)C(=O)c1cc(C(=CCCCC2(C)OCCO2)c2cc(Cl)c(C)c(C(=O)N(C)OC)c2)cc(Cl)c1C. The number of amides is 2. The quantitative estimate of drug-likeness (QED) is 0.245. The first-order valence-electron chi connectivity index (χ1n) is 12.7. The lowest BCUT2D eigenvalue weighted by Gasteiger charge is -2.22. The first-order chi connectivity index (χ1) is 18.4. The van der Waals surface area contributed by atoms with Gasteiger partial charge in [-0.3, -0.25) is 19.3 Å². The van der Waals surface area contributed by atoms with Crippen LogP contribution in [0.4, 0.5) is 0 Å². The second kappa shape index (κ2) is 13.3. The molecule has 8 nitrogen and oxygen atoms in total. The van der Waals surface area contributed by atoms with Crippen molar-refractivity contribution in [2.24, 2.45) is 0 Å². The van der Waals surface area contributed by atoms with Crippen LogP contribution >= 0.6 is 23.2 Å². The first kappa shape index (κ1) is 31.1. The zero-order chi connectivity index (χ0) is 28.9. The van der Waals surface area contributed by atoms with Crippen molar-refractivity contribution in [3.63, 3.8) is 0 Å². The van der Waals surface area contributed by atoms with Crippen LogP contribution < -0.4 is 0 Å². The molecule has 0 unspecified atom stereocenters. The molecule has 1 fully saturated rings. The van der Waals surface area contributed by atoms with Gasteiger partial charge in [0.05, 0.1) is 27.4 Å². The molecule has 0 spiro atoms. The summed E-state index contributed by atoms with van der Waals surface area (Å²) in [5, 5.41) is 3.16. The number of rotatable bonds is 10. The first-order valence-corrected chi connectivity index (χ1v) is 13.4. The van der Waals surface area contributed by atoms with E-state index in [1.165, 1.54) is 28.3 Å². The van der Waals surface area contributed by atoms with Crippen LogP contribution in [-0.2, 0) is 19.1 Å². The Morgan fingerprint density at radius 2 is 1.33 bits per heavy atom. The normalized spacial score (nSPS) is 14.3. The third-order valence-electron chi connectivity index (χ3n) is 6.97. The third-order valence-corrected chi connectivity index (χ3v) is 7.76. The van der Waals surface area contributed by atoms with Crippen molar-refractivity contribution in [2.45, 2.75) is 45.8 Å². The maximum atomic E-state index is 13.1. The van der Waals surface area contributed by atoms with Crippen LogP contribution in [0.1, 0.15) is 69.2 Å². The number of hydrogen-bond acceptors (Lipinski definition) is 6. The molecule has 0 bridgehead atoms. The summed E-state index contributed by atoms with van der Waals surface area (Å²) in [7, 11) is 5.92. The van der Waals surface area contributed by atoms with Gasteiger partial charge in [-0.25, -0.2) is 10.1 Å². The molecule has 1 heterocycles. The van der Waals surface area contributed by atoms with Gasteiger partial charge >= 0.3 is 0 Å². The van der Waals surface area contributed by atoms with Crippen molar-refractivity contribution in [3.05, 3.63) is 73.8 Å². The zero-order valence-corrected chi connectivity index (χ0v) is 25.0. The summed E-state index contributed by atoms with van der Waals surface area (Å²) in [5.41, 5.74) is 4.27. The average Bonchev–Trinajstić information content (AvgIpc) is 3.36. The monoisotopic (exact) mass is 578 g/mol. The fourth-order valence-corrected chi connectivity index (χ4v) is 4.83. The Morgan fingerprint density at radius 1 is 0.897 bits per heavy atom. The van der Waals surface area contributed by atoms with Crippen molar-refractivity contribution in [2.75, 3.05) is 41.5 Å². The fraction of sp³-hybridized carbons (Fsp3) is 0.448. The van der Waals surface area contributed by atoms with E-state index in [0.717, 1.165) is 22.1 Å². The van der Waals surface area contributed by atoms with Gasteiger partial charge in [0.15, 0.2) is 5.79 Å². The van der Waals surface area contributed by atoms with E-state index in [4.69, 9.17) is 42.4 Å². The van der Waals surface area contributed by atoms with Gasteiger partial charge in [0.1, 0.15) is 0 Å². The minimum absolute atomic E-state index is 0.332. The highest BCUT2D eigenvalue weighted by Gasteiger charge is 2.30. The molecule has 0 aliphatic carbocycles. The summed E-state index contributed by atoms with van der Waals surface area (Å²) in [6.45, 7) is 6.68. The molecule has 1 aliphatic rings. The highest BCUT2D eigenvalue weighted by molar-refractivity contribution is 6.32. The van der Waals surface area contributed by atoms with E-state index in [1.54, 1.807) is 26.0 Å². The highest BCUT2D eigenvalue weighted by Crippen LogP contribution is 2.35. The second-order valence-corrected chi connectivity index (χ2v) is 10.4. The summed E-state index contributed by atoms with van der Waals surface area (Å²) in [6, 6.07) is 7.19. The van der Waals surface area contributed by atoms with Crippen molar-refractivity contribution in [1.82, 2.24) is 10.1 Å². The minimum Gasteiger partial charge on any atom is -0.348 e. The predicted octanol–water partition coefficient (Wildman–Crippen LogP) is 6.24. The van der Waals surface area contributed by atoms with Crippen LogP contribution in [0, 0.1) is 13.8 Å². The lowest BCUT2D eigenvalue weighted by molar-refractivity contribution is -0.147. The molecule has 1 aliphatic heterocycles. The van der Waals surface area contributed by atoms with Gasteiger partial charge < -0.3 is 9.47 Å². The van der Waals surface area contributed by atoms with Crippen LogP contribution in [-0.4, -0.2) is 69.3 Å². The van der Waals surface area contributed by atoms with Crippen molar-refractivity contribution < 1.29 is 28.7 Å². The van der Waals surface area contributed by atoms with Crippen LogP contribution in [0.5, 0.6) is 0 Å². The molecule has 3 rings (SSSR count). The van der Waals surface area contributed by atoms with Crippen LogP contribution in [0.15, 0.2) is 30.3 Å². The maximum Gasteiger partial charge on any atom is 0.277 e. The van der Waals surface area contributed by atoms with Crippen molar-refractivity contribution in [3.8, 4) is 0 Å². The van der Waals surface area contributed by atoms with Crippen molar-refractivity contribution in [1.29, 1.82) is 0 Å². The smallest absolute Gasteiger partial charge is 0.277 e. The summed E-state index contributed by atoms with van der Waals surface area (Å²) in [6.07, 6.45) is 4.24. The second-order valence-electron chi connectivity index (χ2n) is 9.57. The van der Waals surface area contributed by atoms with Gasteiger partial charge in [0, 0.05) is 41.7 Å². The summed E-state index contributed by atoms with van der Waals surface area (Å²) < 4.78 is 11.5. The largest absolute Gasteiger partial charge is 0.348 e. The lowest BCUT2D eigenvalue weighted by Crippen LogP contribution is -2.26. The van der Waals surface area contributed by atoms with Crippen LogP contribution in [0.2, 0.25) is 10.0 Å². The molecule has 212 valence electrons. The number of unbranched alkanes of at least 4 members (excludes halogenated alkanes) is 1. The van der Waals surface area contributed by atoms with E-state index in [0.29, 0.717) is 69.5 Å². The Bertz CT molecular complexity index is 1180. The van der Waals surface area contributed by atoms with Gasteiger partial charge in [-0.05, 0) is 85.7 Å². The van der Waals surface area contributed by atoms with Crippen molar-refractivity contribution >= 4 is 40.6 Å². The predicted molar refractivity (Wildman–Crippen MR) is 152 cm³/mol.